The van der Waals surface area contributed by atoms with Crippen LogP contribution in [0.3, 0.4) is 0 Å². The highest BCUT2D eigenvalue weighted by Crippen LogP contribution is 2.22. The summed E-state index contributed by atoms with van der Waals surface area (Å²) in [6, 6.07) is 13.0. The molecule has 2 aromatic rings. The molecule has 136 valence electrons. The third-order valence-electron chi connectivity index (χ3n) is 3.92. The summed E-state index contributed by atoms with van der Waals surface area (Å²) in [5, 5.41) is 6.53. The molecular formula is C20H23N3O3. The SMILES string of the molecule is CCc1cccc(CC)c1NC(=O)C(=O)N/N=C\c1cccc(OC)c1. The number of anilines is 1. The van der Waals surface area contributed by atoms with Crippen LogP contribution in [0.15, 0.2) is 47.6 Å². The first kappa shape index (κ1) is 19.2. The highest BCUT2D eigenvalue weighted by Gasteiger charge is 2.16. The molecule has 0 bridgehead atoms. The number of rotatable bonds is 6. The number of aryl methyl sites for hydroxylation is 2. The van der Waals surface area contributed by atoms with Gasteiger partial charge in [0.1, 0.15) is 5.75 Å². The van der Waals surface area contributed by atoms with Crippen LogP contribution in [0, 0.1) is 0 Å². The molecule has 6 nitrogen and oxygen atoms in total. The van der Waals surface area contributed by atoms with E-state index < -0.39 is 11.8 Å². The van der Waals surface area contributed by atoms with Crippen LogP contribution in [0.4, 0.5) is 5.69 Å². The van der Waals surface area contributed by atoms with E-state index in [4.69, 9.17) is 4.74 Å². The van der Waals surface area contributed by atoms with Crippen molar-refractivity contribution in [2.75, 3.05) is 12.4 Å². The molecule has 6 heteroatoms. The number of nitrogens with zero attached hydrogens (tertiary/aromatic N) is 1. The van der Waals surface area contributed by atoms with E-state index >= 15 is 0 Å². The molecule has 0 aliphatic rings. The maximum atomic E-state index is 12.2. The summed E-state index contributed by atoms with van der Waals surface area (Å²) in [5.74, 6) is -0.887. The molecular weight excluding hydrogens is 330 g/mol. The Morgan fingerprint density at radius 3 is 2.31 bits per heavy atom. The fraction of sp³-hybridized carbons (Fsp3) is 0.250. The number of hydrogen-bond donors (Lipinski definition) is 2. The lowest BCUT2D eigenvalue weighted by Gasteiger charge is -2.13. The van der Waals surface area contributed by atoms with Crippen molar-refractivity contribution < 1.29 is 14.3 Å². The molecule has 26 heavy (non-hydrogen) atoms. The summed E-state index contributed by atoms with van der Waals surface area (Å²) >= 11 is 0. The Morgan fingerprint density at radius 2 is 1.69 bits per heavy atom. The van der Waals surface area contributed by atoms with Gasteiger partial charge in [0.2, 0.25) is 0 Å². The molecule has 2 N–H and O–H groups in total. The topological polar surface area (TPSA) is 79.8 Å². The first-order valence-electron chi connectivity index (χ1n) is 8.48. The van der Waals surface area contributed by atoms with Crippen molar-refractivity contribution in [1.29, 1.82) is 0 Å². The number of hydrogen-bond acceptors (Lipinski definition) is 4. The number of amides is 2. The third-order valence-corrected chi connectivity index (χ3v) is 3.92. The lowest BCUT2D eigenvalue weighted by Crippen LogP contribution is -2.33. The highest BCUT2D eigenvalue weighted by atomic mass is 16.5. The Hall–Kier alpha value is -3.15. The van der Waals surface area contributed by atoms with Crippen LogP contribution in [0.1, 0.15) is 30.5 Å². The summed E-state index contributed by atoms with van der Waals surface area (Å²) in [5.41, 5.74) is 5.67. The fourth-order valence-corrected chi connectivity index (χ4v) is 2.51. The number of carbonyl (C=O) groups excluding carboxylic acids is 2. The van der Waals surface area contributed by atoms with Crippen molar-refractivity contribution in [3.8, 4) is 5.75 Å². The minimum absolute atomic E-state index is 0.682. The zero-order chi connectivity index (χ0) is 18.9. The number of nitrogens with one attached hydrogen (secondary N) is 2. The molecule has 0 radical (unpaired) electrons. The van der Waals surface area contributed by atoms with Gasteiger partial charge in [-0.1, -0.05) is 44.2 Å². The van der Waals surface area contributed by atoms with Gasteiger partial charge in [-0.2, -0.15) is 5.10 Å². The maximum absolute atomic E-state index is 12.2. The molecule has 2 aromatic carbocycles. The molecule has 0 saturated heterocycles. The van der Waals surface area contributed by atoms with Crippen molar-refractivity contribution in [2.24, 2.45) is 5.10 Å². The summed E-state index contributed by atoms with van der Waals surface area (Å²) in [6.45, 7) is 4.01. The highest BCUT2D eigenvalue weighted by molar-refractivity contribution is 6.39. The van der Waals surface area contributed by atoms with Gasteiger partial charge in [-0.3, -0.25) is 9.59 Å². The van der Waals surface area contributed by atoms with E-state index in [2.05, 4.69) is 15.8 Å². The zero-order valence-electron chi connectivity index (χ0n) is 15.2. The smallest absolute Gasteiger partial charge is 0.329 e. The number of hydrazone groups is 1. The molecule has 0 unspecified atom stereocenters. The van der Waals surface area contributed by atoms with Crippen LogP contribution >= 0.6 is 0 Å². The normalized spacial score (nSPS) is 10.6. The van der Waals surface area contributed by atoms with Gasteiger partial charge in [-0.05, 0) is 41.7 Å². The molecule has 0 spiro atoms. The number of methoxy groups -OCH3 is 1. The fourth-order valence-electron chi connectivity index (χ4n) is 2.51. The molecule has 0 aromatic heterocycles. The average molecular weight is 353 g/mol. The minimum atomic E-state index is -0.822. The van der Waals surface area contributed by atoms with E-state index in [0.29, 0.717) is 11.4 Å². The van der Waals surface area contributed by atoms with E-state index in [1.807, 2.05) is 44.2 Å². The van der Waals surface area contributed by atoms with Gasteiger partial charge >= 0.3 is 11.8 Å². The number of carbonyl (C=O) groups is 2. The Balaban J connectivity index is 2.02. The second-order valence-corrected chi connectivity index (χ2v) is 5.59. The quantitative estimate of drug-likeness (QED) is 0.476. The molecule has 0 aliphatic heterocycles. The minimum Gasteiger partial charge on any atom is -0.497 e. The monoisotopic (exact) mass is 353 g/mol. The third kappa shape index (κ3) is 4.92. The molecule has 0 aliphatic carbocycles. The van der Waals surface area contributed by atoms with Crippen molar-refractivity contribution in [2.45, 2.75) is 26.7 Å². The predicted octanol–water partition coefficient (Wildman–Crippen LogP) is 2.91. The molecule has 2 rings (SSSR count). The van der Waals surface area contributed by atoms with Gasteiger partial charge < -0.3 is 10.1 Å². The van der Waals surface area contributed by atoms with Gasteiger partial charge in [0.05, 0.1) is 13.3 Å². The largest absolute Gasteiger partial charge is 0.497 e. The number of ether oxygens (including phenoxy) is 1. The number of benzene rings is 2. The predicted molar refractivity (Wildman–Crippen MR) is 103 cm³/mol. The van der Waals surface area contributed by atoms with Crippen LogP contribution in [0.5, 0.6) is 5.75 Å². The van der Waals surface area contributed by atoms with Gasteiger partial charge in [0.15, 0.2) is 0 Å². The maximum Gasteiger partial charge on any atom is 0.329 e. The molecule has 0 atom stereocenters. The van der Waals surface area contributed by atoms with E-state index in [0.717, 1.165) is 29.5 Å². The van der Waals surface area contributed by atoms with Crippen molar-refractivity contribution in [3.63, 3.8) is 0 Å². The van der Waals surface area contributed by atoms with Crippen LogP contribution in [0.25, 0.3) is 0 Å². The molecule has 2 amide bonds. The number of para-hydroxylation sites is 1. The standard InChI is InChI=1S/C20H23N3O3/c1-4-15-9-7-10-16(5-2)18(15)22-19(24)20(25)23-21-13-14-8-6-11-17(12-14)26-3/h6-13H,4-5H2,1-3H3,(H,22,24)(H,23,25)/b21-13-. The Bertz CT molecular complexity index is 793. The van der Waals surface area contributed by atoms with E-state index in [1.165, 1.54) is 6.21 Å². The van der Waals surface area contributed by atoms with E-state index in [1.54, 1.807) is 19.2 Å². The summed E-state index contributed by atoms with van der Waals surface area (Å²) in [6.07, 6.45) is 2.98. The Labute approximate surface area is 153 Å². The first-order valence-corrected chi connectivity index (χ1v) is 8.48. The lowest BCUT2D eigenvalue weighted by atomic mass is 10.0. The molecule has 0 heterocycles. The molecule has 0 saturated carbocycles. The average Bonchev–Trinajstić information content (AvgIpc) is 2.68. The van der Waals surface area contributed by atoms with Crippen molar-refractivity contribution in [3.05, 3.63) is 59.2 Å². The van der Waals surface area contributed by atoms with E-state index in [9.17, 15) is 9.59 Å². The van der Waals surface area contributed by atoms with Crippen LogP contribution in [-0.2, 0) is 22.4 Å². The first-order chi connectivity index (χ1) is 12.6. The van der Waals surface area contributed by atoms with Gasteiger partial charge in [0, 0.05) is 5.69 Å². The Kier molecular flexibility index (Phi) is 6.91. The van der Waals surface area contributed by atoms with Crippen molar-refractivity contribution >= 4 is 23.7 Å². The summed E-state index contributed by atoms with van der Waals surface area (Å²) in [4.78, 5) is 24.2. The van der Waals surface area contributed by atoms with Crippen LogP contribution in [-0.4, -0.2) is 25.1 Å². The van der Waals surface area contributed by atoms with Crippen LogP contribution in [0.2, 0.25) is 0 Å². The Morgan fingerprint density at radius 1 is 1.04 bits per heavy atom. The van der Waals surface area contributed by atoms with Gasteiger partial charge in [-0.15, -0.1) is 0 Å². The zero-order valence-corrected chi connectivity index (χ0v) is 15.2. The van der Waals surface area contributed by atoms with Gasteiger partial charge in [-0.25, -0.2) is 5.43 Å². The summed E-state index contributed by atoms with van der Waals surface area (Å²) < 4.78 is 5.12. The second-order valence-electron chi connectivity index (χ2n) is 5.59. The van der Waals surface area contributed by atoms with Crippen molar-refractivity contribution in [1.82, 2.24) is 5.43 Å². The second kappa shape index (κ2) is 9.36. The lowest BCUT2D eigenvalue weighted by molar-refractivity contribution is -0.136. The summed E-state index contributed by atoms with van der Waals surface area (Å²) in [7, 11) is 1.57. The van der Waals surface area contributed by atoms with E-state index in [-0.39, 0.29) is 0 Å². The molecule has 0 fully saturated rings. The van der Waals surface area contributed by atoms with Crippen LogP contribution < -0.4 is 15.5 Å². The van der Waals surface area contributed by atoms with Gasteiger partial charge in [0.25, 0.3) is 0 Å².